The maximum absolute atomic E-state index is 2.85. The maximum atomic E-state index is 2.85. The number of aryl methyl sites for hydroxylation is 1. The topological polar surface area (TPSA) is 6.48 Å². The number of anilines is 5. The minimum absolute atomic E-state index is 0.0268. The highest BCUT2D eigenvalue weighted by Gasteiger charge is 2.51. The highest BCUT2D eigenvalue weighted by molar-refractivity contribution is 8.05. The van der Waals surface area contributed by atoms with Crippen molar-refractivity contribution in [3.05, 3.63) is 197 Å². The molecule has 372 valence electrons. The average molecular weight is 1040 g/mol. The van der Waals surface area contributed by atoms with Crippen LogP contribution < -0.4 is 20.6 Å². The van der Waals surface area contributed by atoms with Gasteiger partial charge in [-0.15, -0.1) is 11.3 Å². The molecule has 0 spiro atoms. The Balaban J connectivity index is 1.15. The van der Waals surface area contributed by atoms with Crippen LogP contribution in [-0.4, -0.2) is 6.85 Å². The molecule has 5 aliphatic rings. The molecule has 0 atom stereocenters. The van der Waals surface area contributed by atoms with Crippen LogP contribution in [0.2, 0.25) is 0 Å². The molecule has 1 aromatic heterocycles. The number of hydrogen-bond donors (Lipinski definition) is 0. The number of rotatable bonds is 3. The van der Waals surface area contributed by atoms with Crippen LogP contribution in [0.4, 0.5) is 28.4 Å². The third kappa shape index (κ3) is 6.56. The Morgan fingerprint density at radius 3 is 1.91 bits per heavy atom. The first-order valence-electron chi connectivity index (χ1n) is 27.3. The summed E-state index contributed by atoms with van der Waals surface area (Å²) in [6, 6.07) is 64.2. The Morgan fingerprint density at radius 2 is 1.16 bits per heavy atom. The molecular formula is C70H61BN2S3. The van der Waals surface area contributed by atoms with Gasteiger partial charge in [-0.25, -0.2) is 0 Å². The summed E-state index contributed by atoms with van der Waals surface area (Å²) in [5, 5.41) is 2.65. The number of hydrogen-bond acceptors (Lipinski definition) is 5. The zero-order valence-corrected chi connectivity index (χ0v) is 47.6. The van der Waals surface area contributed by atoms with Crippen LogP contribution in [0.15, 0.2) is 183 Å². The summed E-state index contributed by atoms with van der Waals surface area (Å²) in [5.74, 6) is 0. The molecule has 3 aliphatic heterocycles. The number of benzene rings is 9. The monoisotopic (exact) mass is 1040 g/mol. The van der Waals surface area contributed by atoms with Crippen LogP contribution in [0.25, 0.3) is 53.6 Å². The Labute approximate surface area is 461 Å². The van der Waals surface area contributed by atoms with Gasteiger partial charge in [-0.05, 0) is 163 Å². The largest absolute Gasteiger partial charge is 0.375 e. The standard InChI is InChI=1S/C70H61BN2S3/c1-40-34-48-49(69(7,8)33-32-68(48,5)6)36-53(40)72-54-39-61-60(75-57-26-18-19-27-58(57)76-61)38-51(54)71-65-55(72)37-50-62(43-22-14-16-24-47(43)70(50,9)10)64(65)45-29-31-59-63(44-23-15-17-25-56(44)74-59)66(45)73(71)52-30-28-42(67(2,3)4)35-46(52)41-20-12-11-13-21-41/h11-31,34-39H,32-33H2,1-10H3. The van der Waals surface area contributed by atoms with Crippen LogP contribution in [0.3, 0.4) is 0 Å². The van der Waals surface area contributed by atoms with Crippen LogP contribution >= 0.6 is 34.9 Å². The van der Waals surface area contributed by atoms with Gasteiger partial charge in [-0.1, -0.05) is 189 Å². The summed E-state index contributed by atoms with van der Waals surface area (Å²) in [6.07, 6.45) is 2.34. The molecule has 76 heavy (non-hydrogen) atoms. The molecular weight excluding hydrogens is 976 g/mol. The van der Waals surface area contributed by atoms with Gasteiger partial charge in [-0.3, -0.25) is 0 Å². The van der Waals surface area contributed by atoms with Gasteiger partial charge in [0.2, 0.25) is 0 Å². The second-order valence-electron chi connectivity index (χ2n) is 25.1. The molecule has 4 heterocycles. The summed E-state index contributed by atoms with van der Waals surface area (Å²) in [7, 11) is 0. The highest BCUT2D eigenvalue weighted by Crippen LogP contribution is 2.61. The zero-order chi connectivity index (χ0) is 51.9. The Hall–Kier alpha value is -6.44. The Kier molecular flexibility index (Phi) is 9.90. The van der Waals surface area contributed by atoms with E-state index in [1.54, 1.807) is 0 Å². The molecule has 0 radical (unpaired) electrons. The van der Waals surface area contributed by atoms with E-state index in [1.807, 2.05) is 34.9 Å². The molecule has 2 nitrogen and oxygen atoms in total. The van der Waals surface area contributed by atoms with E-state index in [0.29, 0.717) is 0 Å². The molecule has 0 unspecified atom stereocenters. The molecule has 6 heteroatoms. The van der Waals surface area contributed by atoms with E-state index in [2.05, 4.69) is 243 Å². The first-order chi connectivity index (χ1) is 36.5. The molecule has 0 saturated carbocycles. The fraction of sp³-hybridized carbons (Fsp3) is 0.229. The third-order valence-electron chi connectivity index (χ3n) is 18.2. The van der Waals surface area contributed by atoms with Gasteiger partial charge in [0, 0.05) is 84.7 Å². The van der Waals surface area contributed by atoms with E-state index in [1.165, 1.54) is 152 Å². The smallest absolute Gasteiger partial charge is 0.333 e. The molecule has 10 aromatic rings. The molecule has 9 aromatic carbocycles. The van der Waals surface area contributed by atoms with Gasteiger partial charge in [0.05, 0.1) is 0 Å². The molecule has 2 aliphatic carbocycles. The van der Waals surface area contributed by atoms with E-state index < -0.39 is 0 Å². The van der Waals surface area contributed by atoms with Crippen LogP contribution in [0, 0.1) is 6.92 Å². The van der Waals surface area contributed by atoms with Gasteiger partial charge in [-0.2, -0.15) is 0 Å². The van der Waals surface area contributed by atoms with Gasteiger partial charge in [0.1, 0.15) is 0 Å². The van der Waals surface area contributed by atoms with Crippen LogP contribution in [0.5, 0.6) is 0 Å². The SMILES string of the molecule is Cc1cc2c(cc1N1c3cc4c(cc3B3c5c1cc1c(c5-c5ccc6sc7ccccc7c6c5N3c3ccc(C(C)(C)C)cc3-c3ccccc3)-c3ccccc3C1(C)C)Sc1ccccc1S4)C(C)(C)CCC2(C)C. The molecule has 0 saturated heterocycles. The van der Waals surface area contributed by atoms with E-state index in [9.17, 15) is 0 Å². The number of fused-ring (bicyclic) bond motifs is 15. The minimum Gasteiger partial charge on any atom is -0.375 e. The van der Waals surface area contributed by atoms with E-state index in [0.717, 1.165) is 6.42 Å². The van der Waals surface area contributed by atoms with E-state index in [4.69, 9.17) is 0 Å². The predicted octanol–water partition coefficient (Wildman–Crippen LogP) is 19.3. The fourth-order valence-corrected chi connectivity index (χ4v) is 17.4. The first kappa shape index (κ1) is 46.8. The third-order valence-corrected chi connectivity index (χ3v) is 21.9. The van der Waals surface area contributed by atoms with Gasteiger partial charge in [0.15, 0.2) is 0 Å². The lowest BCUT2D eigenvalue weighted by molar-refractivity contribution is 0.332. The summed E-state index contributed by atoms with van der Waals surface area (Å²) in [4.78, 5) is 10.9. The quantitative estimate of drug-likeness (QED) is 0.163. The van der Waals surface area contributed by atoms with Gasteiger partial charge >= 0.3 is 6.85 Å². The van der Waals surface area contributed by atoms with Crippen molar-refractivity contribution in [2.24, 2.45) is 0 Å². The number of nitrogens with zero attached hydrogens (tertiary/aromatic N) is 2. The summed E-state index contributed by atoms with van der Waals surface area (Å²) >= 11 is 5.79. The minimum atomic E-state index is -0.248. The van der Waals surface area contributed by atoms with Crippen LogP contribution in [0.1, 0.15) is 109 Å². The molecule has 0 bridgehead atoms. The van der Waals surface area contributed by atoms with Crippen molar-refractivity contribution in [2.75, 3.05) is 9.71 Å². The van der Waals surface area contributed by atoms with Gasteiger partial charge in [0.25, 0.3) is 0 Å². The first-order valence-corrected chi connectivity index (χ1v) is 29.8. The summed E-state index contributed by atoms with van der Waals surface area (Å²) in [5.41, 5.74) is 25.2. The molecule has 0 fully saturated rings. The summed E-state index contributed by atoms with van der Waals surface area (Å²) in [6.45, 7) is 24.1. The fourth-order valence-electron chi connectivity index (χ4n) is 14.0. The average Bonchev–Trinajstić information content (AvgIpc) is 3.92. The Morgan fingerprint density at radius 1 is 0.500 bits per heavy atom. The molecule has 0 amide bonds. The van der Waals surface area contributed by atoms with Crippen molar-refractivity contribution < 1.29 is 0 Å². The lowest BCUT2D eigenvalue weighted by Gasteiger charge is -2.48. The number of thiophene rings is 1. The van der Waals surface area contributed by atoms with E-state index in [-0.39, 0.29) is 28.5 Å². The Bertz CT molecular complexity index is 4170. The normalized spacial score (nSPS) is 16.8. The predicted molar refractivity (Wildman–Crippen MR) is 329 cm³/mol. The highest BCUT2D eigenvalue weighted by atomic mass is 32.2. The molecule has 15 rings (SSSR count). The van der Waals surface area contributed by atoms with Crippen molar-refractivity contribution in [3.63, 3.8) is 0 Å². The second-order valence-corrected chi connectivity index (χ2v) is 28.4. The van der Waals surface area contributed by atoms with Gasteiger partial charge < -0.3 is 9.71 Å². The van der Waals surface area contributed by atoms with Crippen LogP contribution in [-0.2, 0) is 21.7 Å². The van der Waals surface area contributed by atoms with Crippen molar-refractivity contribution in [1.82, 2.24) is 0 Å². The van der Waals surface area contributed by atoms with Crippen molar-refractivity contribution in [2.45, 2.75) is 123 Å². The van der Waals surface area contributed by atoms with Crippen molar-refractivity contribution >= 4 is 101 Å². The second kappa shape index (κ2) is 16.1. The van der Waals surface area contributed by atoms with Crippen molar-refractivity contribution in [3.8, 4) is 33.4 Å². The lowest BCUT2D eigenvalue weighted by Crippen LogP contribution is -2.62. The molecule has 0 N–H and O–H groups in total. The lowest BCUT2D eigenvalue weighted by atomic mass is 9.42. The zero-order valence-electron chi connectivity index (χ0n) is 45.2. The summed E-state index contributed by atoms with van der Waals surface area (Å²) < 4.78 is 2.63. The van der Waals surface area contributed by atoms with E-state index >= 15 is 0 Å². The van der Waals surface area contributed by atoms with Crippen molar-refractivity contribution in [1.29, 1.82) is 0 Å². The maximum Gasteiger partial charge on any atom is 0.333 e.